The zero-order valence-corrected chi connectivity index (χ0v) is 13.5. The van der Waals surface area contributed by atoms with Crippen LogP contribution in [0.1, 0.15) is 32.9 Å². The van der Waals surface area contributed by atoms with Crippen LogP contribution in [0.3, 0.4) is 0 Å². The summed E-state index contributed by atoms with van der Waals surface area (Å²) in [5.74, 6) is 0.756. The van der Waals surface area contributed by atoms with Crippen molar-refractivity contribution in [2.24, 2.45) is 0 Å². The number of fused-ring (bicyclic) bond motifs is 1. The second-order valence-electron chi connectivity index (χ2n) is 5.77. The van der Waals surface area contributed by atoms with Gasteiger partial charge in [-0.15, -0.1) is 0 Å². The van der Waals surface area contributed by atoms with Crippen molar-refractivity contribution in [3.63, 3.8) is 0 Å². The molecule has 1 aromatic heterocycles. The highest BCUT2D eigenvalue weighted by molar-refractivity contribution is 5.94. The van der Waals surface area contributed by atoms with Crippen molar-refractivity contribution < 1.29 is 9.53 Å². The van der Waals surface area contributed by atoms with Gasteiger partial charge in [0.05, 0.1) is 7.11 Å². The van der Waals surface area contributed by atoms with Crippen molar-refractivity contribution in [1.82, 2.24) is 20.8 Å². The topological polar surface area (TPSA) is 79.0 Å². The number of aryl methyl sites for hydroxylation is 1. The summed E-state index contributed by atoms with van der Waals surface area (Å²) < 4.78 is 5.33. The van der Waals surface area contributed by atoms with Crippen molar-refractivity contribution in [3.8, 4) is 5.75 Å². The molecule has 3 N–H and O–H groups in total. The van der Waals surface area contributed by atoms with Crippen LogP contribution in [0.25, 0.3) is 0 Å². The Morgan fingerprint density at radius 2 is 2.30 bits per heavy atom. The zero-order valence-electron chi connectivity index (χ0n) is 13.5. The molecule has 1 aromatic carbocycles. The summed E-state index contributed by atoms with van der Waals surface area (Å²) in [5, 5.41) is 13.3. The minimum absolute atomic E-state index is 0.120. The monoisotopic (exact) mass is 314 g/mol. The molecule has 122 valence electrons. The summed E-state index contributed by atoms with van der Waals surface area (Å²) in [6.45, 7) is 4.20. The number of H-pyrrole nitrogens is 1. The van der Waals surface area contributed by atoms with Crippen LogP contribution in [-0.2, 0) is 19.4 Å². The van der Waals surface area contributed by atoms with Crippen molar-refractivity contribution in [3.05, 3.63) is 46.3 Å². The number of nitrogens with one attached hydrogen (secondary N) is 3. The minimum atomic E-state index is -0.120. The van der Waals surface area contributed by atoms with Gasteiger partial charge >= 0.3 is 0 Å². The Morgan fingerprint density at radius 3 is 3.13 bits per heavy atom. The van der Waals surface area contributed by atoms with Crippen LogP contribution in [0.15, 0.2) is 18.2 Å². The van der Waals surface area contributed by atoms with Crippen LogP contribution in [0.5, 0.6) is 5.75 Å². The number of nitrogens with zero attached hydrogens (tertiary/aromatic N) is 1. The number of aromatic nitrogens is 2. The van der Waals surface area contributed by atoms with Crippen LogP contribution in [-0.4, -0.2) is 36.3 Å². The van der Waals surface area contributed by atoms with Crippen LogP contribution in [0, 0.1) is 6.92 Å². The first-order valence-corrected chi connectivity index (χ1v) is 7.87. The fourth-order valence-electron chi connectivity index (χ4n) is 2.84. The average Bonchev–Trinajstić information content (AvgIpc) is 3.00. The van der Waals surface area contributed by atoms with E-state index in [9.17, 15) is 4.79 Å². The van der Waals surface area contributed by atoms with E-state index in [1.54, 1.807) is 7.11 Å². The summed E-state index contributed by atoms with van der Waals surface area (Å²) in [6, 6.07) is 6.11. The molecule has 0 unspecified atom stereocenters. The second kappa shape index (κ2) is 6.83. The van der Waals surface area contributed by atoms with E-state index >= 15 is 0 Å². The van der Waals surface area contributed by atoms with Gasteiger partial charge in [-0.25, -0.2) is 0 Å². The third-order valence-corrected chi connectivity index (χ3v) is 4.19. The second-order valence-corrected chi connectivity index (χ2v) is 5.77. The molecule has 0 aliphatic carbocycles. The predicted octanol–water partition coefficient (Wildman–Crippen LogP) is 1.34. The van der Waals surface area contributed by atoms with E-state index < -0.39 is 0 Å². The summed E-state index contributed by atoms with van der Waals surface area (Å²) in [6.07, 6.45) is 1.64. The first-order chi connectivity index (χ1) is 11.2. The van der Waals surface area contributed by atoms with Crippen molar-refractivity contribution in [2.45, 2.75) is 26.3 Å². The van der Waals surface area contributed by atoms with Gasteiger partial charge in [-0.1, -0.05) is 12.1 Å². The lowest BCUT2D eigenvalue weighted by atomic mass is 10.1. The Balaban J connectivity index is 1.58. The number of carbonyl (C=O) groups excluding carboxylic acids is 1. The lowest BCUT2D eigenvalue weighted by molar-refractivity contribution is 0.0948. The number of rotatable bonds is 5. The van der Waals surface area contributed by atoms with E-state index in [1.165, 1.54) is 0 Å². The van der Waals surface area contributed by atoms with Crippen LogP contribution >= 0.6 is 0 Å². The smallest absolute Gasteiger partial charge is 0.272 e. The largest absolute Gasteiger partial charge is 0.496 e. The number of amides is 1. The Bertz CT molecular complexity index is 709. The highest BCUT2D eigenvalue weighted by Gasteiger charge is 2.21. The molecular weight excluding hydrogens is 292 g/mol. The molecule has 0 fully saturated rings. The van der Waals surface area contributed by atoms with Crippen LogP contribution in [0.4, 0.5) is 0 Å². The number of hydrogen-bond donors (Lipinski definition) is 3. The molecule has 2 heterocycles. The molecule has 1 amide bonds. The number of ether oxygens (including phenoxy) is 1. The van der Waals surface area contributed by atoms with Crippen molar-refractivity contribution >= 4 is 5.91 Å². The zero-order chi connectivity index (χ0) is 16.2. The SMILES string of the molecule is COc1cc(CCNC(=O)c2n[nH]c3c2CNCC3)ccc1C. The number of methoxy groups -OCH3 is 1. The Labute approximate surface area is 135 Å². The maximum atomic E-state index is 12.3. The third kappa shape index (κ3) is 3.37. The molecule has 0 spiro atoms. The van der Waals surface area contributed by atoms with E-state index in [2.05, 4.69) is 26.9 Å². The van der Waals surface area contributed by atoms with Crippen molar-refractivity contribution in [2.75, 3.05) is 20.2 Å². The lowest BCUT2D eigenvalue weighted by Crippen LogP contribution is -2.29. The quantitative estimate of drug-likeness (QED) is 0.778. The molecule has 1 aliphatic heterocycles. The van der Waals surface area contributed by atoms with Gasteiger partial charge in [-0.05, 0) is 30.5 Å². The van der Waals surface area contributed by atoms with E-state index in [4.69, 9.17) is 4.74 Å². The summed E-state index contributed by atoms with van der Waals surface area (Å²) in [4.78, 5) is 12.3. The molecule has 6 nitrogen and oxygen atoms in total. The molecule has 1 aliphatic rings. The van der Waals surface area contributed by atoms with Gasteiger partial charge in [-0.3, -0.25) is 9.89 Å². The highest BCUT2D eigenvalue weighted by atomic mass is 16.5. The molecule has 0 saturated heterocycles. The molecule has 6 heteroatoms. The van der Waals surface area contributed by atoms with E-state index in [1.807, 2.05) is 19.1 Å². The van der Waals surface area contributed by atoms with Crippen LogP contribution < -0.4 is 15.4 Å². The molecule has 0 bridgehead atoms. The fourth-order valence-corrected chi connectivity index (χ4v) is 2.84. The maximum absolute atomic E-state index is 12.3. The Hall–Kier alpha value is -2.34. The third-order valence-electron chi connectivity index (χ3n) is 4.19. The van der Waals surface area contributed by atoms with Gasteiger partial charge in [-0.2, -0.15) is 5.10 Å². The van der Waals surface area contributed by atoms with E-state index in [0.29, 0.717) is 18.8 Å². The predicted molar refractivity (Wildman–Crippen MR) is 87.8 cm³/mol. The lowest BCUT2D eigenvalue weighted by Gasteiger charge is -2.13. The van der Waals surface area contributed by atoms with Gasteiger partial charge in [0.15, 0.2) is 5.69 Å². The molecule has 0 atom stereocenters. The summed E-state index contributed by atoms with van der Waals surface area (Å²) >= 11 is 0. The van der Waals surface area contributed by atoms with Gasteiger partial charge in [0, 0.05) is 37.3 Å². The van der Waals surface area contributed by atoms with Gasteiger partial charge in [0.25, 0.3) is 5.91 Å². The first-order valence-electron chi connectivity index (χ1n) is 7.87. The molecule has 23 heavy (non-hydrogen) atoms. The highest BCUT2D eigenvalue weighted by Crippen LogP contribution is 2.19. The molecule has 0 saturated carbocycles. The van der Waals surface area contributed by atoms with E-state index in [0.717, 1.165) is 47.5 Å². The fraction of sp³-hybridized carbons (Fsp3) is 0.412. The summed E-state index contributed by atoms with van der Waals surface area (Å²) in [7, 11) is 1.67. The number of carbonyl (C=O) groups is 1. The number of benzene rings is 1. The number of hydrogen-bond acceptors (Lipinski definition) is 4. The average molecular weight is 314 g/mol. The number of aromatic amines is 1. The Morgan fingerprint density at radius 1 is 1.43 bits per heavy atom. The molecule has 0 radical (unpaired) electrons. The standard InChI is InChI=1S/C17H22N4O2/c1-11-3-4-12(9-15(11)23-2)5-8-19-17(22)16-13-10-18-7-6-14(13)20-21-16/h3-4,9,18H,5-8,10H2,1-2H3,(H,19,22)(H,20,21). The van der Waals surface area contributed by atoms with Gasteiger partial charge in [0.1, 0.15) is 5.75 Å². The Kier molecular flexibility index (Phi) is 4.62. The summed E-state index contributed by atoms with van der Waals surface area (Å²) in [5.41, 5.74) is 4.81. The van der Waals surface area contributed by atoms with Gasteiger partial charge < -0.3 is 15.4 Å². The molecule has 3 rings (SSSR count). The minimum Gasteiger partial charge on any atom is -0.496 e. The van der Waals surface area contributed by atoms with Crippen molar-refractivity contribution in [1.29, 1.82) is 0 Å². The maximum Gasteiger partial charge on any atom is 0.272 e. The first kappa shape index (κ1) is 15.6. The van der Waals surface area contributed by atoms with Gasteiger partial charge in [0.2, 0.25) is 0 Å². The molecular formula is C17H22N4O2. The normalized spacial score (nSPS) is 13.5. The molecule has 2 aromatic rings. The van der Waals surface area contributed by atoms with Crippen LogP contribution in [0.2, 0.25) is 0 Å². The van der Waals surface area contributed by atoms with E-state index in [-0.39, 0.29) is 5.91 Å².